The van der Waals surface area contributed by atoms with Gasteiger partial charge in [-0.15, -0.1) is 4.32 Å². The van der Waals surface area contributed by atoms with E-state index in [1.54, 1.807) is 0 Å². The van der Waals surface area contributed by atoms with Crippen molar-refractivity contribution in [1.82, 2.24) is 14.7 Å². The number of nitrogens with zero attached hydrogens (tertiary/aromatic N) is 1. The van der Waals surface area contributed by atoms with E-state index in [2.05, 4.69) is 10.4 Å². The van der Waals surface area contributed by atoms with Gasteiger partial charge in [-0.25, -0.2) is 0 Å². The van der Waals surface area contributed by atoms with E-state index >= 15 is 0 Å². The number of aromatic amines is 2. The second kappa shape index (κ2) is 0.349. The van der Waals surface area contributed by atoms with E-state index in [4.69, 9.17) is 11.8 Å². The Morgan fingerprint density at radius 3 is 1.75 bits per heavy atom. The molecule has 0 saturated heterocycles. The van der Waals surface area contributed by atoms with E-state index in [0.717, 1.165) is 0 Å². The minimum atomic E-state index is 1.22. The van der Waals surface area contributed by atoms with Crippen molar-refractivity contribution in [3.63, 3.8) is 0 Å². The highest BCUT2D eigenvalue weighted by Gasteiger charge is 1.72. The first-order chi connectivity index (χ1) is 1.89. The van der Waals surface area contributed by atoms with Gasteiger partial charge in [0.2, 0.25) is 0 Å². The highest BCUT2D eigenvalue weighted by Crippen LogP contribution is 1.73. The zero-order chi connectivity index (χ0) is 2.99. The van der Waals surface area contributed by atoms with Gasteiger partial charge in [0.15, 0.2) is 0 Å². The van der Waals surface area contributed by atoms with Crippen molar-refractivity contribution in [3.05, 3.63) is 0 Å². The lowest BCUT2D eigenvalue weighted by atomic mass is 13.2. The van der Waals surface area contributed by atoms with E-state index in [1.165, 1.54) is 4.32 Å². The van der Waals surface area contributed by atoms with Crippen LogP contribution in [-0.2, 0) is 0 Å². The highest BCUT2D eigenvalue weighted by molar-refractivity contribution is 6.14. The molecule has 24 valence electrons. The molecule has 1 heterocycles. The van der Waals surface area contributed by atoms with E-state index < -0.39 is 0 Å². The van der Waals surface area contributed by atoms with Crippen LogP contribution in [0.3, 0.4) is 0 Å². The van der Waals surface area contributed by atoms with Gasteiger partial charge in [-0.3, -0.25) is 0 Å². The number of halogens is 1. The van der Waals surface area contributed by atoms with Crippen molar-refractivity contribution in [2.75, 3.05) is 0 Å². The fourth-order valence-corrected chi connectivity index (χ4v) is 0.0567. The molecule has 1 aromatic rings. The molecule has 0 atom stereocenters. The Morgan fingerprint density at radius 2 is 1.75 bits per heavy atom. The summed E-state index contributed by atoms with van der Waals surface area (Å²) in [6.45, 7) is 0. The predicted molar refractivity (Wildman–Crippen MR) is 14.4 cm³/mol. The Balaban J connectivity index is 2.81. The van der Waals surface area contributed by atoms with Crippen LogP contribution in [0.15, 0.2) is 0 Å². The number of hydrogen-bond acceptors (Lipinski definition) is 0. The van der Waals surface area contributed by atoms with E-state index in [0.29, 0.717) is 0 Å². The Labute approximate surface area is 27.6 Å². The first-order valence-corrected chi connectivity index (χ1v) is 1.20. The third-order valence-electron chi connectivity index (χ3n) is 0.196. The molecular weight excluding hydrogens is 77.5 g/mol. The zero-order valence-electron chi connectivity index (χ0n) is 1.83. The monoisotopic (exact) mass is 79.0 g/mol. The third kappa shape index (κ3) is 0.111. The van der Waals surface area contributed by atoms with E-state index in [9.17, 15) is 0 Å². The minimum Gasteiger partial charge on any atom is -0.193 e. The average Bonchev–Trinajstić information content (AvgIpc) is 1.75. The molecular formula is H2ClN3. The maximum Gasteiger partial charge on any atom is 0.0581 e. The van der Waals surface area contributed by atoms with Gasteiger partial charge >= 0.3 is 0 Å². The van der Waals surface area contributed by atoms with Gasteiger partial charge < -0.3 is 0 Å². The molecule has 0 amide bonds. The Hall–Kier alpha value is -0.310. The molecule has 0 aliphatic heterocycles. The summed E-state index contributed by atoms with van der Waals surface area (Å²) in [7, 11) is 0. The normalized spacial score (nSPS) is 9.25. The smallest absolute Gasteiger partial charge is 0.0581 e. The molecule has 0 aliphatic rings. The molecule has 0 aromatic carbocycles. The molecule has 0 radical (unpaired) electrons. The topological polar surface area (TPSA) is 36.5 Å². The molecule has 4 heavy (non-hydrogen) atoms. The SMILES string of the molecule is Cln1[nH][nH]1. The van der Waals surface area contributed by atoms with Crippen molar-refractivity contribution < 1.29 is 0 Å². The van der Waals surface area contributed by atoms with Crippen molar-refractivity contribution in [2.45, 2.75) is 0 Å². The van der Waals surface area contributed by atoms with Crippen LogP contribution in [0, 0.1) is 0 Å². The number of rotatable bonds is 0. The first kappa shape index (κ1) is 1.96. The van der Waals surface area contributed by atoms with Crippen LogP contribution in [0.2, 0.25) is 0 Å². The van der Waals surface area contributed by atoms with Crippen LogP contribution >= 0.6 is 11.8 Å². The summed E-state index contributed by atoms with van der Waals surface area (Å²) in [6.07, 6.45) is 0. The largest absolute Gasteiger partial charge is 0.193 e. The minimum absolute atomic E-state index is 1.22. The fourth-order valence-electron chi connectivity index (χ4n) is 0.0189. The van der Waals surface area contributed by atoms with Crippen LogP contribution in [0.5, 0.6) is 0 Å². The number of aromatic nitrogens is 3. The summed E-state index contributed by atoms with van der Waals surface area (Å²) in [5.74, 6) is 0. The third-order valence-corrected chi connectivity index (χ3v) is 0.365. The van der Waals surface area contributed by atoms with E-state index in [-0.39, 0.29) is 0 Å². The molecule has 1 rings (SSSR count). The Bertz CT molecular complexity index is 61.8. The average molecular weight is 79.5 g/mol. The Morgan fingerprint density at radius 1 is 1.50 bits per heavy atom. The van der Waals surface area contributed by atoms with Crippen molar-refractivity contribution in [1.29, 1.82) is 0 Å². The summed E-state index contributed by atoms with van der Waals surface area (Å²) in [5, 5.41) is 4.89. The highest BCUT2D eigenvalue weighted by atomic mass is 35.5. The molecule has 3 nitrogen and oxygen atoms in total. The summed E-state index contributed by atoms with van der Waals surface area (Å²) in [4.78, 5) is 0. The predicted octanol–water partition coefficient (Wildman–Crippen LogP) is 0.146. The summed E-state index contributed by atoms with van der Waals surface area (Å²) < 4.78 is 1.22. The molecule has 4 heteroatoms. The number of hydrogen-bond donors (Lipinski definition) is 2. The lowest BCUT2D eigenvalue weighted by Crippen LogP contribution is -1.47. The first-order valence-electron chi connectivity index (χ1n) is 0.866. The molecule has 0 unspecified atom stereocenters. The molecule has 0 aliphatic carbocycles. The molecule has 0 saturated carbocycles. The molecule has 0 bridgehead atoms. The van der Waals surface area contributed by atoms with Gasteiger partial charge in [0.25, 0.3) is 0 Å². The fraction of sp³-hybridized carbons (Fsp3) is 0. The zero-order valence-corrected chi connectivity index (χ0v) is 2.58. The standard InChI is InChI=1S/ClH2N3/c1-4-2-3-4/h2-3H. The Kier molecular flexibility index (Phi) is 0.171. The van der Waals surface area contributed by atoms with Crippen LogP contribution in [0.25, 0.3) is 0 Å². The van der Waals surface area contributed by atoms with E-state index in [1.807, 2.05) is 0 Å². The van der Waals surface area contributed by atoms with Crippen LogP contribution in [0.1, 0.15) is 0 Å². The van der Waals surface area contributed by atoms with Crippen LogP contribution in [-0.4, -0.2) is 14.7 Å². The van der Waals surface area contributed by atoms with Gasteiger partial charge in [-0.2, -0.15) is 10.4 Å². The lowest BCUT2D eigenvalue weighted by Gasteiger charge is -1.43. The van der Waals surface area contributed by atoms with Crippen LogP contribution < -0.4 is 0 Å². The van der Waals surface area contributed by atoms with Gasteiger partial charge in [0, 0.05) is 0 Å². The maximum atomic E-state index is 5.00. The van der Waals surface area contributed by atoms with Crippen molar-refractivity contribution >= 4 is 11.8 Å². The quantitative estimate of drug-likeness (QED) is 0.444. The maximum absolute atomic E-state index is 5.00. The molecule has 0 spiro atoms. The van der Waals surface area contributed by atoms with Gasteiger partial charge in [0.1, 0.15) is 0 Å². The molecule has 2 N–H and O–H groups in total. The summed E-state index contributed by atoms with van der Waals surface area (Å²) in [6, 6.07) is 0. The summed E-state index contributed by atoms with van der Waals surface area (Å²) in [5.41, 5.74) is 0. The van der Waals surface area contributed by atoms with Crippen molar-refractivity contribution in [3.8, 4) is 0 Å². The van der Waals surface area contributed by atoms with Crippen molar-refractivity contribution in [2.24, 2.45) is 0 Å². The number of nitrogens with one attached hydrogen (secondary N) is 2. The second-order valence-electron chi connectivity index (χ2n) is 0.504. The second-order valence-corrected chi connectivity index (χ2v) is 0.843. The molecule has 0 fully saturated rings. The lowest BCUT2D eigenvalue weighted by molar-refractivity contribution is 1.24. The summed E-state index contributed by atoms with van der Waals surface area (Å²) >= 11 is 5.00. The molecule has 1 aromatic heterocycles. The van der Waals surface area contributed by atoms with Gasteiger partial charge in [-0.05, 0) is 0 Å². The van der Waals surface area contributed by atoms with Crippen LogP contribution in [0.4, 0.5) is 0 Å². The van der Waals surface area contributed by atoms with Gasteiger partial charge in [0.05, 0.1) is 11.8 Å². The van der Waals surface area contributed by atoms with Gasteiger partial charge in [-0.1, -0.05) is 0 Å². The number of H-pyrrole nitrogens is 2.